The molecule has 2 aromatic heterocycles. The second-order valence-electron chi connectivity index (χ2n) is 35.5. The van der Waals surface area contributed by atoms with Gasteiger partial charge in [0.2, 0.25) is 11.9 Å². The Morgan fingerprint density at radius 3 is 1.03 bits per heavy atom. The van der Waals surface area contributed by atoms with Gasteiger partial charge < -0.3 is 47.8 Å². The fourth-order valence-electron chi connectivity index (χ4n) is 13.8. The molecular weight excluding hydrogens is 1530 g/mol. The molecule has 1 aliphatic heterocycles. The van der Waals surface area contributed by atoms with Crippen LogP contribution in [0.4, 0.5) is 23.3 Å². The van der Waals surface area contributed by atoms with Gasteiger partial charge in [-0.1, -0.05) is 263 Å². The zero-order valence-corrected chi connectivity index (χ0v) is 73.5. The first kappa shape index (κ1) is 87.3. The monoisotopic (exact) mass is 1640 g/mol. The maximum Gasteiger partial charge on any atom is 0.500 e. The maximum absolute atomic E-state index is 15.1. The summed E-state index contributed by atoms with van der Waals surface area (Å²) in [6.45, 7) is 41.6. The van der Waals surface area contributed by atoms with Crippen LogP contribution in [0, 0.1) is 0 Å². The summed E-state index contributed by atoms with van der Waals surface area (Å²) in [5.41, 5.74) is 5.69. The van der Waals surface area contributed by atoms with Crippen molar-refractivity contribution < 1.29 is 56.6 Å². The average molecular weight is 1640 g/mol. The number of methoxy groups -OCH3 is 1. The predicted molar refractivity (Wildman–Crippen MR) is 467 cm³/mol. The minimum Gasteiger partial charge on any atom is -0.507 e. The first-order valence-corrected chi connectivity index (χ1v) is 44.2. The SMILES string of the molecule is CC(C)(C)c1cc(COc2nc(P(=O)(Oc3ccccc3)Oc3ccccc3)nc(P(=O)(Oc3ccccc3)Oc3ccccc3)n2)cc(C(C)(C)C)c1O.COC(N1CCN(c2nc(C(c3cc(C(C)(C)C)c(O)c(C(C)(C)C)c3)c3cc(C(C)(C)C)c(O)c(C(C)(C)C)c3)nc(N(c3ccccc3)c3ccccc3)n2)CC1)[P+](C)=O. The molecule has 0 bridgehead atoms. The van der Waals surface area contributed by atoms with E-state index < -0.39 is 78.5 Å². The van der Waals surface area contributed by atoms with Crippen molar-refractivity contribution in [3.63, 3.8) is 0 Å². The second-order valence-corrected chi connectivity index (χ2v) is 40.5. The Morgan fingerprint density at radius 2 is 0.726 bits per heavy atom. The maximum atomic E-state index is 15.1. The summed E-state index contributed by atoms with van der Waals surface area (Å²) in [5, 5.41) is 35.4. The summed E-state index contributed by atoms with van der Waals surface area (Å²) in [6.07, 6.45) is 0. The lowest BCUT2D eigenvalue weighted by atomic mass is 9.74. The molecule has 21 nitrogen and oxygen atoms in total. The quantitative estimate of drug-likeness (QED) is 0.0503. The van der Waals surface area contributed by atoms with Crippen molar-refractivity contribution >= 4 is 57.4 Å². The van der Waals surface area contributed by atoms with Crippen molar-refractivity contribution in [2.75, 3.05) is 49.8 Å². The van der Waals surface area contributed by atoms with Gasteiger partial charge in [-0.3, -0.25) is 4.90 Å². The molecule has 3 heterocycles. The largest absolute Gasteiger partial charge is 0.507 e. The van der Waals surface area contributed by atoms with E-state index in [1.807, 2.05) is 90.1 Å². The van der Waals surface area contributed by atoms with Crippen molar-refractivity contribution in [3.05, 3.63) is 274 Å². The van der Waals surface area contributed by atoms with E-state index in [9.17, 15) is 19.9 Å². The molecule has 0 radical (unpaired) electrons. The van der Waals surface area contributed by atoms with Crippen LogP contribution in [0.25, 0.3) is 0 Å². The molecule has 24 heteroatoms. The molecular formula is C93H111N9O12P3+. The fourth-order valence-corrected chi connectivity index (χ4v) is 17.7. The number of piperazine rings is 1. The number of phenols is 3. The molecule has 2 atom stereocenters. The number of ether oxygens (including phenoxy) is 2. The van der Waals surface area contributed by atoms with E-state index in [1.165, 1.54) is 0 Å². The van der Waals surface area contributed by atoms with Crippen LogP contribution in [0.3, 0.4) is 0 Å². The van der Waals surface area contributed by atoms with Crippen LogP contribution in [0.2, 0.25) is 0 Å². The van der Waals surface area contributed by atoms with E-state index in [-0.39, 0.29) is 41.4 Å². The molecule has 0 saturated carbocycles. The van der Waals surface area contributed by atoms with Gasteiger partial charge in [-0.05, 0) is 167 Å². The standard InChI is InChI=1S/C51H67N6O4P.C42H43N3O8P2/c1-48(2,3)37-29-33(30-38(42(37)58)49(4,5)6)41(34-31-39(50(7,8)9)43(59)40(32-34)51(10,11)12)44-52-45(55-25-27-56(28-26-55)47(61-13)62(14)60)54-46(53-44)57(35-21-17-15-18-22-35)36-23-19-16-20-24-36;1-41(2,3)35-27-30(28-36(37(35)46)42(4,5)6)29-49-38-43-39(54(47,50-31-19-11-7-12-20-31)51-32-21-13-8-14-22-32)45-40(44-38)55(48,52-33-23-15-9-16-24-33)53-34-25-17-10-18-26-34/h15-24,29-32,41,47H,25-28H2,1-14H3,(H-,58,59);7-28,46H,29H2,1-6H3/p+1. The summed E-state index contributed by atoms with van der Waals surface area (Å²) in [4.78, 5) is 36.0. The van der Waals surface area contributed by atoms with Crippen LogP contribution in [0.1, 0.15) is 186 Å². The molecule has 0 amide bonds. The third kappa shape index (κ3) is 21.3. The molecule has 1 saturated heterocycles. The Bertz CT molecular complexity index is 4920. The van der Waals surface area contributed by atoms with Gasteiger partial charge in [0.1, 0.15) is 59.3 Å². The van der Waals surface area contributed by atoms with E-state index >= 15 is 9.13 Å². The van der Waals surface area contributed by atoms with Crippen LogP contribution in [0.15, 0.2) is 218 Å². The van der Waals surface area contributed by atoms with E-state index in [0.29, 0.717) is 61.0 Å². The van der Waals surface area contributed by atoms with E-state index in [2.05, 4.69) is 161 Å². The topological polar surface area (TPSA) is 254 Å². The molecule has 2 unspecified atom stereocenters. The predicted octanol–water partition coefficient (Wildman–Crippen LogP) is 21.3. The molecule has 12 rings (SSSR count). The zero-order valence-electron chi connectivity index (χ0n) is 70.9. The summed E-state index contributed by atoms with van der Waals surface area (Å²) in [7, 11) is -9.12. The number of para-hydroxylation sites is 6. The van der Waals surface area contributed by atoms with E-state index in [1.54, 1.807) is 135 Å². The highest BCUT2D eigenvalue weighted by molar-refractivity contribution is 7.63. The molecule has 1 fully saturated rings. The Hall–Kier alpha value is -10.5. The number of hydrogen-bond acceptors (Lipinski definition) is 21. The third-order valence-corrected chi connectivity index (χ3v) is 24.2. The number of anilines is 4. The first-order valence-electron chi connectivity index (χ1n) is 39.3. The van der Waals surface area contributed by atoms with Crippen LogP contribution in [-0.4, -0.2) is 96.0 Å². The lowest BCUT2D eigenvalue weighted by Gasteiger charge is -2.35. The molecule has 11 aromatic rings. The molecule has 117 heavy (non-hydrogen) atoms. The van der Waals surface area contributed by atoms with Crippen LogP contribution >= 0.6 is 23.0 Å². The molecule has 614 valence electrons. The molecule has 0 spiro atoms. The summed E-state index contributed by atoms with van der Waals surface area (Å²) in [5.74, 6) is 2.08. The lowest BCUT2D eigenvalue weighted by molar-refractivity contribution is 0.0240. The average Bonchev–Trinajstić information content (AvgIpc) is 0.765. The Labute approximate surface area is 690 Å². The summed E-state index contributed by atoms with van der Waals surface area (Å²) < 4.78 is 79.0. The highest BCUT2D eigenvalue weighted by atomic mass is 31.2. The first-order chi connectivity index (χ1) is 55.0. The van der Waals surface area contributed by atoms with Crippen molar-refractivity contribution in [2.45, 2.75) is 176 Å². The van der Waals surface area contributed by atoms with Gasteiger partial charge in [0.15, 0.2) is 0 Å². The molecule has 1 aliphatic rings. The smallest absolute Gasteiger partial charge is 0.500 e. The van der Waals surface area contributed by atoms with Gasteiger partial charge in [0, 0.05) is 44.7 Å². The van der Waals surface area contributed by atoms with Gasteiger partial charge in [-0.25, -0.2) is 14.0 Å². The highest BCUT2D eigenvalue weighted by Crippen LogP contribution is 2.52. The second kappa shape index (κ2) is 35.3. The number of hydrogen-bond donors (Lipinski definition) is 3. The van der Waals surface area contributed by atoms with Gasteiger partial charge in [0.25, 0.3) is 11.1 Å². The van der Waals surface area contributed by atoms with Crippen molar-refractivity contribution in [1.82, 2.24) is 34.8 Å². The van der Waals surface area contributed by atoms with Gasteiger partial charge >= 0.3 is 35.0 Å². The Morgan fingerprint density at radius 1 is 0.419 bits per heavy atom. The molecule has 3 N–H and O–H groups in total. The minimum atomic E-state index is -4.57. The van der Waals surface area contributed by atoms with Crippen LogP contribution in [-0.2, 0) is 57.5 Å². The summed E-state index contributed by atoms with van der Waals surface area (Å²) in [6, 6.07) is 65.7. The highest BCUT2D eigenvalue weighted by Gasteiger charge is 2.44. The number of aromatic nitrogens is 6. The molecule has 0 aliphatic carbocycles. The van der Waals surface area contributed by atoms with Gasteiger partial charge in [-0.15, -0.1) is 0 Å². The van der Waals surface area contributed by atoms with Crippen LogP contribution in [0.5, 0.6) is 46.3 Å². The van der Waals surface area contributed by atoms with Gasteiger partial charge in [0.05, 0.1) is 5.92 Å². The number of rotatable bonds is 23. The van der Waals surface area contributed by atoms with Crippen LogP contribution < -0.4 is 43.8 Å². The number of benzene rings is 9. The van der Waals surface area contributed by atoms with Gasteiger partial charge in [-0.2, -0.15) is 29.9 Å². The number of nitrogens with zero attached hydrogens (tertiary/aromatic N) is 9. The molecule has 9 aromatic carbocycles. The number of aromatic hydroxyl groups is 3. The normalized spacial score (nSPS) is 13.8. The Balaban J connectivity index is 0.000000231. The van der Waals surface area contributed by atoms with Crippen molar-refractivity contribution in [2.24, 2.45) is 0 Å². The lowest BCUT2D eigenvalue weighted by Crippen LogP contribution is -2.50. The summed E-state index contributed by atoms with van der Waals surface area (Å²) >= 11 is 0. The van der Waals surface area contributed by atoms with Crippen molar-refractivity contribution in [1.29, 1.82) is 0 Å². The van der Waals surface area contributed by atoms with E-state index in [0.717, 1.165) is 55.9 Å². The minimum absolute atomic E-state index is 0.0951. The number of phenolic OH excluding ortho intramolecular Hbond substituents is 3. The van der Waals surface area contributed by atoms with E-state index in [4.69, 9.17) is 42.5 Å². The third-order valence-electron chi connectivity index (χ3n) is 19.8. The Kier molecular flexibility index (Phi) is 26.4. The van der Waals surface area contributed by atoms with Crippen molar-refractivity contribution in [3.8, 4) is 46.3 Å². The zero-order chi connectivity index (χ0) is 84.8. The fraction of sp³-hybridized carbons (Fsp3) is 0.355.